The first-order chi connectivity index (χ1) is 11.0. The summed E-state index contributed by atoms with van der Waals surface area (Å²) in [5.41, 5.74) is 2.78. The number of H-pyrrole nitrogens is 1. The summed E-state index contributed by atoms with van der Waals surface area (Å²) in [5.74, 6) is 0.194. The third kappa shape index (κ3) is 5.82. The number of benzene rings is 1. The van der Waals surface area contributed by atoms with Crippen molar-refractivity contribution in [1.29, 1.82) is 0 Å². The molecule has 0 spiro atoms. The van der Waals surface area contributed by atoms with E-state index in [1.807, 2.05) is 26.0 Å². The number of aromatic amines is 1. The molecule has 7 heteroatoms. The van der Waals surface area contributed by atoms with Gasteiger partial charge >= 0.3 is 0 Å². The monoisotopic (exact) mass is 316 g/mol. The number of carbonyl (C=O) groups excluding carboxylic acids is 2. The Morgan fingerprint density at radius 1 is 1.17 bits per heavy atom. The Balaban J connectivity index is 1.66. The van der Waals surface area contributed by atoms with Crippen LogP contribution in [0.5, 0.6) is 5.75 Å². The summed E-state index contributed by atoms with van der Waals surface area (Å²) in [4.78, 5) is 23.3. The van der Waals surface area contributed by atoms with E-state index in [1.54, 1.807) is 6.20 Å². The fourth-order valence-corrected chi connectivity index (χ4v) is 2.07. The fraction of sp³-hybridized carbons (Fsp3) is 0.312. The van der Waals surface area contributed by atoms with Crippen LogP contribution in [0.4, 0.5) is 5.69 Å². The number of hydrogen-bond acceptors (Lipinski definition) is 4. The second-order valence-corrected chi connectivity index (χ2v) is 5.23. The average Bonchev–Trinajstić information content (AvgIpc) is 2.97. The number of aromatic nitrogens is 2. The molecule has 7 nitrogen and oxygen atoms in total. The van der Waals surface area contributed by atoms with E-state index in [2.05, 4.69) is 26.9 Å². The van der Waals surface area contributed by atoms with E-state index in [0.29, 0.717) is 5.69 Å². The van der Waals surface area contributed by atoms with E-state index in [-0.39, 0.29) is 31.4 Å². The third-order valence-corrected chi connectivity index (χ3v) is 3.02. The summed E-state index contributed by atoms with van der Waals surface area (Å²) in [6.07, 6.45) is 3.22. The van der Waals surface area contributed by atoms with E-state index in [0.717, 1.165) is 16.9 Å². The van der Waals surface area contributed by atoms with Gasteiger partial charge in [-0.1, -0.05) is 6.07 Å². The maximum atomic E-state index is 11.7. The normalized spacial score (nSPS) is 10.2. The van der Waals surface area contributed by atoms with Crippen LogP contribution in [0.25, 0.3) is 0 Å². The Labute approximate surface area is 134 Å². The van der Waals surface area contributed by atoms with Gasteiger partial charge < -0.3 is 15.4 Å². The van der Waals surface area contributed by atoms with Crippen molar-refractivity contribution in [3.63, 3.8) is 0 Å². The van der Waals surface area contributed by atoms with Gasteiger partial charge in [0.1, 0.15) is 5.75 Å². The Morgan fingerprint density at radius 3 is 2.57 bits per heavy atom. The molecule has 0 aliphatic carbocycles. The van der Waals surface area contributed by atoms with Crippen LogP contribution in [0.1, 0.15) is 17.5 Å². The molecule has 0 atom stereocenters. The van der Waals surface area contributed by atoms with Crippen LogP contribution in [-0.4, -0.2) is 35.2 Å². The zero-order valence-corrected chi connectivity index (χ0v) is 13.2. The van der Waals surface area contributed by atoms with Gasteiger partial charge in [-0.25, -0.2) is 0 Å². The number of ether oxygens (including phenoxy) is 1. The van der Waals surface area contributed by atoms with Crippen molar-refractivity contribution in [3.05, 3.63) is 41.7 Å². The minimum atomic E-state index is -0.310. The molecule has 23 heavy (non-hydrogen) atoms. The van der Waals surface area contributed by atoms with Crippen molar-refractivity contribution in [2.24, 2.45) is 0 Å². The molecule has 0 bridgehead atoms. The first kappa shape index (κ1) is 16.5. The van der Waals surface area contributed by atoms with Crippen molar-refractivity contribution in [2.75, 3.05) is 18.5 Å². The topological polar surface area (TPSA) is 96.1 Å². The molecule has 0 aliphatic rings. The number of rotatable bonds is 7. The van der Waals surface area contributed by atoms with E-state index >= 15 is 0 Å². The number of nitrogens with one attached hydrogen (secondary N) is 3. The largest absolute Gasteiger partial charge is 0.493 e. The van der Waals surface area contributed by atoms with E-state index in [1.165, 1.54) is 6.20 Å². The average molecular weight is 316 g/mol. The molecule has 0 aliphatic heterocycles. The van der Waals surface area contributed by atoms with Crippen LogP contribution >= 0.6 is 0 Å². The molecule has 1 heterocycles. The van der Waals surface area contributed by atoms with Crippen LogP contribution in [0, 0.1) is 13.8 Å². The van der Waals surface area contributed by atoms with Crippen molar-refractivity contribution in [2.45, 2.75) is 20.3 Å². The summed E-state index contributed by atoms with van der Waals surface area (Å²) < 4.78 is 5.56. The van der Waals surface area contributed by atoms with Crippen LogP contribution < -0.4 is 15.4 Å². The van der Waals surface area contributed by atoms with E-state index in [4.69, 9.17) is 4.74 Å². The van der Waals surface area contributed by atoms with Crippen LogP contribution in [0.2, 0.25) is 0 Å². The van der Waals surface area contributed by atoms with Gasteiger partial charge in [-0.05, 0) is 37.1 Å². The quantitative estimate of drug-likeness (QED) is 0.722. The summed E-state index contributed by atoms with van der Waals surface area (Å²) in [6.45, 7) is 4.15. The molecule has 0 unspecified atom stereocenters. The van der Waals surface area contributed by atoms with Gasteiger partial charge in [0.2, 0.25) is 11.8 Å². The predicted octanol–water partition coefficient (Wildman–Crippen LogP) is 1.55. The lowest BCUT2D eigenvalue weighted by atomic mass is 10.1. The molecule has 0 saturated carbocycles. The minimum Gasteiger partial charge on any atom is -0.493 e. The molecule has 122 valence electrons. The Bertz CT molecular complexity index is 648. The standard InChI is InChI=1S/C16H20N4O3/c1-11-5-12(2)7-14(6-11)23-4-3-15(21)17-10-16(22)20-13-8-18-19-9-13/h5-9H,3-4,10H2,1-2H3,(H,17,21)(H,18,19)(H,20,22). The highest BCUT2D eigenvalue weighted by Gasteiger charge is 2.07. The smallest absolute Gasteiger partial charge is 0.243 e. The van der Waals surface area contributed by atoms with E-state index in [9.17, 15) is 9.59 Å². The van der Waals surface area contributed by atoms with Crippen molar-refractivity contribution in [1.82, 2.24) is 15.5 Å². The van der Waals surface area contributed by atoms with Crippen molar-refractivity contribution < 1.29 is 14.3 Å². The molecular weight excluding hydrogens is 296 g/mol. The van der Waals surface area contributed by atoms with Gasteiger partial charge in [0, 0.05) is 6.20 Å². The van der Waals surface area contributed by atoms with Gasteiger partial charge in [-0.15, -0.1) is 0 Å². The molecule has 0 fully saturated rings. The maximum Gasteiger partial charge on any atom is 0.243 e. The van der Waals surface area contributed by atoms with Gasteiger partial charge in [-0.2, -0.15) is 5.10 Å². The number of amides is 2. The number of aryl methyl sites for hydroxylation is 2. The first-order valence-corrected chi connectivity index (χ1v) is 7.29. The molecule has 2 rings (SSSR count). The number of anilines is 1. The summed E-state index contributed by atoms with van der Waals surface area (Å²) in [6, 6.07) is 5.89. The molecule has 1 aromatic heterocycles. The van der Waals surface area contributed by atoms with Gasteiger partial charge in [0.05, 0.1) is 31.5 Å². The Kier molecular flexibility index (Phi) is 5.74. The second kappa shape index (κ2) is 7.98. The minimum absolute atomic E-state index is 0.0897. The first-order valence-electron chi connectivity index (χ1n) is 7.29. The van der Waals surface area contributed by atoms with E-state index < -0.39 is 0 Å². The lowest BCUT2D eigenvalue weighted by Crippen LogP contribution is -2.33. The van der Waals surface area contributed by atoms with Crippen LogP contribution in [-0.2, 0) is 9.59 Å². The molecule has 2 amide bonds. The van der Waals surface area contributed by atoms with Crippen LogP contribution in [0.3, 0.4) is 0 Å². The summed E-state index contributed by atoms with van der Waals surface area (Å²) in [7, 11) is 0. The lowest BCUT2D eigenvalue weighted by Gasteiger charge is -2.09. The zero-order chi connectivity index (χ0) is 16.7. The van der Waals surface area contributed by atoms with Gasteiger partial charge in [0.25, 0.3) is 0 Å². The Morgan fingerprint density at radius 2 is 1.91 bits per heavy atom. The lowest BCUT2D eigenvalue weighted by molar-refractivity contribution is -0.124. The zero-order valence-electron chi connectivity index (χ0n) is 13.2. The third-order valence-electron chi connectivity index (χ3n) is 3.02. The molecule has 3 N–H and O–H groups in total. The fourth-order valence-electron chi connectivity index (χ4n) is 2.07. The highest BCUT2D eigenvalue weighted by molar-refractivity contribution is 5.94. The molecule has 2 aromatic rings. The number of hydrogen-bond donors (Lipinski definition) is 3. The summed E-state index contributed by atoms with van der Waals surface area (Å²) >= 11 is 0. The molecule has 0 radical (unpaired) electrons. The SMILES string of the molecule is Cc1cc(C)cc(OCCC(=O)NCC(=O)Nc2cn[nH]c2)c1. The molecule has 1 aromatic carbocycles. The van der Waals surface area contributed by atoms with Gasteiger partial charge in [0.15, 0.2) is 0 Å². The van der Waals surface area contributed by atoms with Crippen molar-refractivity contribution in [3.8, 4) is 5.75 Å². The maximum absolute atomic E-state index is 11.7. The van der Waals surface area contributed by atoms with Crippen LogP contribution in [0.15, 0.2) is 30.6 Å². The molecular formula is C16H20N4O3. The Hall–Kier alpha value is -2.83. The predicted molar refractivity (Wildman–Crippen MR) is 86.3 cm³/mol. The highest BCUT2D eigenvalue weighted by Crippen LogP contribution is 2.16. The highest BCUT2D eigenvalue weighted by atomic mass is 16.5. The molecule has 0 saturated heterocycles. The van der Waals surface area contributed by atoms with Crippen molar-refractivity contribution >= 4 is 17.5 Å². The number of nitrogens with zero attached hydrogens (tertiary/aromatic N) is 1. The van der Waals surface area contributed by atoms with Gasteiger partial charge in [-0.3, -0.25) is 14.7 Å². The summed E-state index contributed by atoms with van der Waals surface area (Å²) in [5, 5.41) is 11.4. The second-order valence-electron chi connectivity index (χ2n) is 5.23. The number of carbonyl (C=O) groups is 2.